The third-order valence-corrected chi connectivity index (χ3v) is 22.3. The van der Waals surface area contributed by atoms with Gasteiger partial charge in [0.1, 0.15) is 22.7 Å². The molecule has 0 amide bonds. The number of carbonyl (C=O) groups is 3. The van der Waals surface area contributed by atoms with Crippen molar-refractivity contribution in [1.29, 1.82) is 0 Å². The number of thiophene rings is 4. The molecule has 6 aromatic heterocycles. The van der Waals surface area contributed by atoms with Gasteiger partial charge in [-0.05, 0) is 136 Å². The highest BCUT2D eigenvalue weighted by atomic mass is 35.7. The van der Waals surface area contributed by atoms with Gasteiger partial charge in [0.15, 0.2) is 5.82 Å². The fourth-order valence-corrected chi connectivity index (χ4v) is 14.9. The summed E-state index contributed by atoms with van der Waals surface area (Å²) in [6.07, 6.45) is 4.02. The van der Waals surface area contributed by atoms with Crippen LogP contribution in [-0.4, -0.2) is 86.6 Å². The molecule has 0 aliphatic carbocycles. The Bertz CT molecular complexity index is 4480. The molecule has 4 aromatic carbocycles. The Hall–Kier alpha value is -9.05. The van der Waals surface area contributed by atoms with Gasteiger partial charge >= 0.3 is 17.9 Å². The Labute approximate surface area is 540 Å². The van der Waals surface area contributed by atoms with E-state index in [0.717, 1.165) is 56.7 Å². The lowest BCUT2D eigenvalue weighted by molar-refractivity contribution is 0.0592. The number of pyridine rings is 2. The summed E-state index contributed by atoms with van der Waals surface area (Å²) >= 11 is 4.51. The number of anilines is 6. The third-order valence-electron chi connectivity index (χ3n) is 11.0. The number of benzene rings is 4. The number of hydrogen-bond acceptors (Lipinski definition) is 23. The van der Waals surface area contributed by atoms with Crippen molar-refractivity contribution >= 4 is 159 Å². The van der Waals surface area contributed by atoms with E-state index in [1.807, 2.05) is 24.3 Å². The number of rotatable bonds is 14. The number of halogens is 1. The summed E-state index contributed by atoms with van der Waals surface area (Å²) in [4.78, 5) is 45.5. The van der Waals surface area contributed by atoms with E-state index in [4.69, 9.17) is 33.0 Å². The van der Waals surface area contributed by atoms with Crippen LogP contribution in [0.5, 0.6) is 0 Å². The molecular formula is C58H56ClN9O14S8. The second kappa shape index (κ2) is 33.5. The summed E-state index contributed by atoms with van der Waals surface area (Å²) in [6, 6.07) is 45.7. The monoisotopic (exact) mass is 1390 g/mol. The number of carboxylic acids is 1. The lowest BCUT2D eigenvalue weighted by Crippen LogP contribution is -2.12. The normalized spacial score (nSPS) is 11.2. The largest absolute Gasteiger partial charge is 0.478 e. The smallest absolute Gasteiger partial charge is 0.337 e. The first-order valence-corrected chi connectivity index (χ1v) is 35.3. The lowest BCUT2D eigenvalue weighted by atomic mass is 10.0. The fraction of sp³-hybridized carbons (Fsp3) is 0.0690. The highest BCUT2D eigenvalue weighted by molar-refractivity contribution is 8.15. The Balaban J connectivity index is 0.000000204. The SMILES string of the molecule is C.COC(=O)c1cccc(N)c1.COC(=O)c1cccc(NS(=O)(=O)c2cccs2)c1.Nc1cccnc1N.O=C(O)c1cccc(NS(=O)(=O)c2cccs2)c1.O=S(=O)(Cl)c1cccs1.O=S(=O)(Nc1cccc(C2=Nc3ncccc3C2)c1)c1cccs1. The molecule has 23 nitrogen and oxygen atoms in total. The lowest BCUT2D eigenvalue weighted by Gasteiger charge is -2.08. The molecule has 90 heavy (non-hydrogen) atoms. The molecule has 0 saturated heterocycles. The van der Waals surface area contributed by atoms with Crippen LogP contribution in [0.1, 0.15) is 49.6 Å². The first kappa shape index (κ1) is 71.7. The molecule has 0 spiro atoms. The van der Waals surface area contributed by atoms with Gasteiger partial charge in [-0.25, -0.2) is 63.0 Å². The van der Waals surface area contributed by atoms with Gasteiger partial charge in [0.2, 0.25) is 0 Å². The quantitative estimate of drug-likeness (QED) is 0.0302. The van der Waals surface area contributed by atoms with E-state index in [2.05, 4.69) is 38.6 Å². The number of carbonyl (C=O) groups excluding carboxylic acids is 2. The van der Waals surface area contributed by atoms with Gasteiger partial charge in [-0.15, -0.1) is 45.3 Å². The maximum Gasteiger partial charge on any atom is 0.337 e. The van der Waals surface area contributed by atoms with Crippen LogP contribution in [0.25, 0.3) is 0 Å². The minimum atomic E-state index is -3.64. The zero-order chi connectivity index (χ0) is 64.8. The van der Waals surface area contributed by atoms with Gasteiger partial charge in [-0.3, -0.25) is 14.2 Å². The van der Waals surface area contributed by atoms with E-state index in [9.17, 15) is 48.1 Å². The van der Waals surface area contributed by atoms with Crippen molar-refractivity contribution in [2.24, 2.45) is 4.99 Å². The number of methoxy groups -OCH3 is 2. The molecule has 0 unspecified atom stereocenters. The summed E-state index contributed by atoms with van der Waals surface area (Å²) < 4.78 is 111. The summed E-state index contributed by atoms with van der Waals surface area (Å²) in [6.45, 7) is 0. The molecule has 10 aromatic rings. The summed E-state index contributed by atoms with van der Waals surface area (Å²) in [7, 11) is -6.67. The Morgan fingerprint density at radius 3 is 1.33 bits per heavy atom. The molecule has 0 fully saturated rings. The number of nitrogens with two attached hydrogens (primary N) is 3. The van der Waals surface area contributed by atoms with Gasteiger partial charge in [0.05, 0.1) is 42.3 Å². The molecule has 1 aliphatic heterocycles. The average Bonchev–Trinajstić information content (AvgIpc) is 2.85. The van der Waals surface area contributed by atoms with E-state index < -0.39 is 51.1 Å². The number of aromatic carboxylic acids is 1. The van der Waals surface area contributed by atoms with Crippen LogP contribution >= 0.6 is 56.0 Å². The van der Waals surface area contributed by atoms with Crippen molar-refractivity contribution < 1.29 is 62.6 Å². The molecule has 0 radical (unpaired) electrons. The van der Waals surface area contributed by atoms with E-state index in [0.29, 0.717) is 44.8 Å². The molecule has 11 rings (SSSR count). The van der Waals surface area contributed by atoms with Crippen molar-refractivity contribution in [1.82, 2.24) is 9.97 Å². The molecule has 0 saturated carbocycles. The predicted octanol–water partition coefficient (Wildman–Crippen LogP) is 11.8. The first-order chi connectivity index (χ1) is 42.3. The number of ether oxygens (including phenoxy) is 2. The van der Waals surface area contributed by atoms with Gasteiger partial charge in [0, 0.05) is 57.8 Å². The zero-order valence-electron chi connectivity index (χ0n) is 46.3. The van der Waals surface area contributed by atoms with Gasteiger partial charge < -0.3 is 31.8 Å². The highest BCUT2D eigenvalue weighted by Crippen LogP contribution is 2.29. The third kappa shape index (κ3) is 21.9. The number of nitrogens with zero attached hydrogens (tertiary/aromatic N) is 3. The maximum absolute atomic E-state index is 12.3. The van der Waals surface area contributed by atoms with E-state index in [1.54, 1.807) is 131 Å². The van der Waals surface area contributed by atoms with E-state index in [-0.39, 0.29) is 42.8 Å². The van der Waals surface area contributed by atoms with Crippen LogP contribution in [0.2, 0.25) is 0 Å². The van der Waals surface area contributed by atoms with Crippen LogP contribution in [0.3, 0.4) is 0 Å². The van der Waals surface area contributed by atoms with Crippen LogP contribution in [0.4, 0.5) is 40.1 Å². The number of esters is 2. The number of aliphatic imine (C=N–C) groups is 1. The maximum atomic E-state index is 12.3. The highest BCUT2D eigenvalue weighted by Gasteiger charge is 2.21. The van der Waals surface area contributed by atoms with Crippen molar-refractivity contribution in [3.63, 3.8) is 0 Å². The van der Waals surface area contributed by atoms with Gasteiger partial charge in [-0.1, -0.05) is 68.1 Å². The standard InChI is InChI=1S/C17H13N3O2S2.C12H11NO4S2.C11H9NO4S2.C8H9NO2.C5H7N3.C4H3ClO2S2.CH4/c21-24(22,16-7-3-9-23-16)20-14-6-1-4-12(10-14)15-11-13-5-2-8-18-17(13)19-15;1-17-12(14)9-4-2-5-10(8-9)13-19(15,16)11-6-3-7-18-11;13-11(14)8-3-1-4-9(7-8)12-18(15,16)10-5-2-6-17-10;1-11-8(10)6-3-2-4-7(9)5-6;6-4-2-1-3-8-5(4)7;5-9(6,7)4-2-1-3-8-4;/h1-10,20H,11H2;2-8,13H,1H3;1-7,12H,(H,13,14);2-5H,9H2,1H3;1-3H,6H2,(H2,7,8);1-3H;1H4. The second-order valence-corrected chi connectivity index (χ2v) is 29.6. The zero-order valence-corrected chi connectivity index (χ0v) is 53.6. The molecule has 32 heteroatoms. The topological polar surface area (TPSA) is 379 Å². The number of nitrogen functional groups attached to an aromatic ring is 3. The first-order valence-electron chi connectivity index (χ1n) is 25.0. The number of aromatic nitrogens is 2. The van der Waals surface area contributed by atoms with E-state index in [1.165, 1.54) is 74.1 Å². The summed E-state index contributed by atoms with van der Waals surface area (Å²) in [5.74, 6) is -0.855. The predicted molar refractivity (Wildman–Crippen MR) is 356 cm³/mol. The number of carboxylic acid groups (broad SMARTS) is 1. The van der Waals surface area contributed by atoms with Crippen molar-refractivity contribution in [2.45, 2.75) is 30.7 Å². The van der Waals surface area contributed by atoms with Crippen molar-refractivity contribution in [2.75, 3.05) is 45.6 Å². The molecule has 7 heterocycles. The molecule has 10 N–H and O–H groups in total. The van der Waals surface area contributed by atoms with Crippen molar-refractivity contribution in [3.8, 4) is 0 Å². The Morgan fingerprint density at radius 1 is 0.511 bits per heavy atom. The van der Waals surface area contributed by atoms with Gasteiger partial charge in [-0.2, -0.15) is 0 Å². The minimum absolute atomic E-state index is 0. The van der Waals surface area contributed by atoms with Crippen LogP contribution in [0, 0.1) is 0 Å². The fourth-order valence-electron chi connectivity index (χ4n) is 6.97. The number of hydrogen-bond donors (Lipinski definition) is 7. The number of sulfonamides is 3. The van der Waals surface area contributed by atoms with Gasteiger partial charge in [0.25, 0.3) is 39.1 Å². The molecular weight excluding hydrogens is 1340 g/mol. The molecule has 0 atom stereocenters. The van der Waals surface area contributed by atoms with Crippen LogP contribution in [0.15, 0.2) is 226 Å². The Morgan fingerprint density at radius 2 is 0.933 bits per heavy atom. The summed E-state index contributed by atoms with van der Waals surface area (Å²) in [5.41, 5.74) is 21.9. The average molecular weight is 1400 g/mol. The van der Waals surface area contributed by atoms with Crippen LogP contribution in [-0.2, 0) is 55.0 Å². The summed E-state index contributed by atoms with van der Waals surface area (Å²) in [5, 5.41) is 15.6. The number of fused-ring (bicyclic) bond motifs is 1. The minimum Gasteiger partial charge on any atom is -0.478 e. The second-order valence-electron chi connectivity index (χ2n) is 17.3. The molecule has 472 valence electrons. The van der Waals surface area contributed by atoms with Crippen LogP contribution < -0.4 is 31.4 Å². The number of nitrogens with one attached hydrogen (secondary N) is 3. The van der Waals surface area contributed by atoms with Crippen molar-refractivity contribution in [3.05, 3.63) is 232 Å². The van der Waals surface area contributed by atoms with E-state index >= 15 is 0 Å². The Kier molecular flexibility index (Phi) is 26.7. The molecule has 0 bridgehead atoms. The molecule has 1 aliphatic rings.